The number of esters is 1. The number of nitrogens with zero attached hydrogens (tertiary/aromatic N) is 1. The van der Waals surface area contributed by atoms with Crippen LogP contribution in [0.4, 0.5) is 0 Å². The van der Waals surface area contributed by atoms with Crippen molar-refractivity contribution < 1.29 is 37.3 Å². The van der Waals surface area contributed by atoms with Gasteiger partial charge in [0.25, 0.3) is 0 Å². The number of likely N-dealkylation sites (N-methyl/N-ethyl adjacent to an activating group) is 1. The zero-order chi connectivity index (χ0) is 56.4. The Morgan fingerprint density at radius 1 is 0.468 bits per heavy atom. The van der Waals surface area contributed by atoms with Gasteiger partial charge in [-0.05, 0) is 115 Å². The number of phosphoric ester groups is 1. The smallest absolute Gasteiger partial charge is 0.456 e. The average Bonchev–Trinajstić information content (AvgIpc) is 3.39. The third kappa shape index (κ3) is 56.9. The topological polar surface area (TPSA) is 111 Å². The van der Waals surface area contributed by atoms with Crippen molar-refractivity contribution in [1.29, 1.82) is 0 Å². The highest BCUT2D eigenvalue weighted by atomic mass is 31.2. The summed E-state index contributed by atoms with van der Waals surface area (Å²) in [4.78, 5) is 37.7. The number of rotatable bonds is 54. The van der Waals surface area contributed by atoms with E-state index in [1.807, 2.05) is 33.3 Å². The van der Waals surface area contributed by atoms with Crippen molar-refractivity contribution >= 4 is 19.7 Å². The second-order valence-corrected chi connectivity index (χ2v) is 22.9. The van der Waals surface area contributed by atoms with Gasteiger partial charge in [0.1, 0.15) is 19.3 Å². The minimum Gasteiger partial charge on any atom is -0.456 e. The molecule has 0 fully saturated rings. The van der Waals surface area contributed by atoms with Gasteiger partial charge in [-0.25, -0.2) is 4.57 Å². The van der Waals surface area contributed by atoms with Crippen LogP contribution in [0, 0.1) is 0 Å². The van der Waals surface area contributed by atoms with Crippen molar-refractivity contribution in [2.45, 2.75) is 251 Å². The number of ether oxygens (including phenoxy) is 1. The lowest BCUT2D eigenvalue weighted by Crippen LogP contribution is -2.47. The maximum Gasteiger partial charge on any atom is 0.472 e. The highest BCUT2D eigenvalue weighted by molar-refractivity contribution is 7.47. The van der Waals surface area contributed by atoms with Crippen molar-refractivity contribution in [2.75, 3.05) is 40.9 Å². The maximum absolute atomic E-state index is 13.5. The van der Waals surface area contributed by atoms with Gasteiger partial charge in [0.15, 0.2) is 0 Å². The molecular formula is C67H116N2O7P+. The van der Waals surface area contributed by atoms with E-state index in [0.29, 0.717) is 23.9 Å². The number of hydrogen-bond donors (Lipinski definition) is 2. The molecule has 3 unspecified atom stereocenters. The molecule has 0 aromatic rings. The monoisotopic (exact) mass is 1090 g/mol. The van der Waals surface area contributed by atoms with Gasteiger partial charge in [-0.2, -0.15) is 0 Å². The Balaban J connectivity index is 5.31. The van der Waals surface area contributed by atoms with Gasteiger partial charge >= 0.3 is 13.8 Å². The van der Waals surface area contributed by atoms with E-state index in [4.69, 9.17) is 13.8 Å². The van der Waals surface area contributed by atoms with Gasteiger partial charge < -0.3 is 19.4 Å². The van der Waals surface area contributed by atoms with E-state index < -0.39 is 20.0 Å². The summed E-state index contributed by atoms with van der Waals surface area (Å²) >= 11 is 0. The molecule has 1 amide bonds. The lowest BCUT2D eigenvalue weighted by atomic mass is 10.1. The highest BCUT2D eigenvalue weighted by Gasteiger charge is 2.30. The molecule has 0 aliphatic carbocycles. The van der Waals surface area contributed by atoms with Crippen LogP contribution < -0.4 is 5.32 Å². The van der Waals surface area contributed by atoms with Crippen molar-refractivity contribution in [1.82, 2.24) is 5.32 Å². The molecule has 77 heavy (non-hydrogen) atoms. The Bertz CT molecular complexity index is 1730. The molecule has 0 heterocycles. The van der Waals surface area contributed by atoms with E-state index >= 15 is 0 Å². The summed E-state index contributed by atoms with van der Waals surface area (Å²) in [6.45, 7) is 6.80. The van der Waals surface area contributed by atoms with Crippen LogP contribution in [0.15, 0.2) is 122 Å². The fourth-order valence-corrected chi connectivity index (χ4v) is 8.87. The summed E-state index contributed by atoms with van der Waals surface area (Å²) in [6.07, 6.45) is 77.8. The number of unbranched alkanes of at least 4 members (excludes halogenated alkanes) is 20. The van der Waals surface area contributed by atoms with Gasteiger partial charge in [0, 0.05) is 12.8 Å². The Labute approximate surface area is 473 Å². The van der Waals surface area contributed by atoms with Crippen LogP contribution >= 0.6 is 7.82 Å². The Hall–Kier alpha value is -3.59. The molecule has 0 aromatic carbocycles. The van der Waals surface area contributed by atoms with Gasteiger partial charge in [-0.1, -0.05) is 233 Å². The number of quaternary nitrogens is 1. The molecule has 0 aliphatic rings. The van der Waals surface area contributed by atoms with E-state index in [1.165, 1.54) is 89.9 Å². The van der Waals surface area contributed by atoms with Crippen LogP contribution in [-0.2, 0) is 27.9 Å². The first-order chi connectivity index (χ1) is 37.4. The zero-order valence-electron chi connectivity index (χ0n) is 50.2. The fraction of sp³-hybridized carbons (Fsp3) is 0.672. The maximum atomic E-state index is 13.5. The van der Waals surface area contributed by atoms with Crippen LogP contribution in [0.1, 0.15) is 239 Å². The molecule has 0 bridgehead atoms. The van der Waals surface area contributed by atoms with E-state index in [0.717, 1.165) is 103 Å². The van der Waals surface area contributed by atoms with Crippen LogP contribution in [0.25, 0.3) is 0 Å². The number of phosphoric acid groups is 1. The Kier molecular flexibility index (Phi) is 53.1. The van der Waals surface area contributed by atoms with E-state index in [9.17, 15) is 19.0 Å². The van der Waals surface area contributed by atoms with Crippen molar-refractivity contribution in [3.63, 3.8) is 0 Å². The van der Waals surface area contributed by atoms with Crippen LogP contribution in [0.3, 0.4) is 0 Å². The third-order valence-corrected chi connectivity index (χ3v) is 13.9. The molecule has 0 saturated carbocycles. The summed E-state index contributed by atoms with van der Waals surface area (Å²) < 4.78 is 30.6. The fourth-order valence-electron chi connectivity index (χ4n) is 8.13. The number of allylic oxidation sites excluding steroid dienone is 19. The molecule has 3 atom stereocenters. The van der Waals surface area contributed by atoms with Gasteiger partial charge in [0.05, 0.1) is 33.8 Å². The minimum atomic E-state index is -4.47. The number of amides is 1. The Morgan fingerprint density at radius 2 is 0.844 bits per heavy atom. The van der Waals surface area contributed by atoms with E-state index in [1.54, 1.807) is 0 Å². The molecule has 0 aliphatic heterocycles. The first-order valence-corrected chi connectivity index (χ1v) is 32.4. The first kappa shape index (κ1) is 73.4. The standard InChI is InChI=1S/C67H115N2O7P/c1-7-10-13-16-19-22-25-27-29-31-32-33-34-35-36-38-40-42-45-48-51-54-57-60-67(71)76-65(58-55-52-49-46-43-24-21-18-15-12-9-3)64(63-75-77(72,73)74-62-61-69(4,5)6)68-66(70)59-56-53-50-47-44-41-39-37-30-28-26-23-20-17-14-11-8-2/h10,13,19-20,22-23,27-30,32-33,35-36,39,41,47,50,55,58,64-65H,7-9,11-12,14-18,21,24-26,31,34,37-38,40,42-46,48-49,51-54,56-57,59-63H2,1-6H3,(H-,68,70,72,73)/p+1/b13-10-,22-19-,23-20-,29-27-,30-28-,33-32-,36-35-,41-39-,50-47-,58-55-. The molecule has 0 spiro atoms. The predicted octanol–water partition coefficient (Wildman–Crippen LogP) is 19.1. The molecule has 2 N–H and O–H groups in total. The summed E-state index contributed by atoms with van der Waals surface area (Å²) in [5.41, 5.74) is 0. The number of carbonyl (C=O) groups is 2. The van der Waals surface area contributed by atoms with Crippen molar-refractivity contribution in [2.24, 2.45) is 0 Å². The molecule has 440 valence electrons. The summed E-state index contributed by atoms with van der Waals surface area (Å²) in [5, 5.41) is 3.01. The average molecular weight is 1090 g/mol. The van der Waals surface area contributed by atoms with Crippen LogP contribution in [0.2, 0.25) is 0 Å². The molecule has 9 nitrogen and oxygen atoms in total. The third-order valence-electron chi connectivity index (χ3n) is 12.9. The molecule has 0 saturated heterocycles. The van der Waals surface area contributed by atoms with Crippen molar-refractivity contribution in [3.8, 4) is 0 Å². The molecule has 0 aromatic heterocycles. The number of hydrogen-bond acceptors (Lipinski definition) is 6. The van der Waals surface area contributed by atoms with Crippen LogP contribution in [0.5, 0.6) is 0 Å². The molecule has 10 heteroatoms. The predicted molar refractivity (Wildman–Crippen MR) is 332 cm³/mol. The quantitative estimate of drug-likeness (QED) is 0.0205. The number of carbonyl (C=O) groups excluding carboxylic acids is 2. The summed E-state index contributed by atoms with van der Waals surface area (Å²) in [7, 11) is 1.44. The minimum absolute atomic E-state index is 0.0218. The second-order valence-electron chi connectivity index (χ2n) is 21.5. The van der Waals surface area contributed by atoms with Gasteiger partial charge in [-0.15, -0.1) is 0 Å². The number of nitrogens with one attached hydrogen (secondary N) is 1. The summed E-state index contributed by atoms with van der Waals surface area (Å²) in [6, 6.07) is -0.889. The van der Waals surface area contributed by atoms with Crippen molar-refractivity contribution in [3.05, 3.63) is 122 Å². The first-order valence-electron chi connectivity index (χ1n) is 30.9. The van der Waals surface area contributed by atoms with E-state index in [-0.39, 0.29) is 37.9 Å². The zero-order valence-corrected chi connectivity index (χ0v) is 51.1. The Morgan fingerprint density at radius 3 is 1.30 bits per heavy atom. The van der Waals surface area contributed by atoms with Crippen LogP contribution in [-0.4, -0.2) is 74.3 Å². The second kappa shape index (κ2) is 55.7. The lowest BCUT2D eigenvalue weighted by Gasteiger charge is -2.27. The van der Waals surface area contributed by atoms with Gasteiger partial charge in [-0.3, -0.25) is 18.6 Å². The molecule has 0 radical (unpaired) electrons. The molecular weight excluding hydrogens is 976 g/mol. The van der Waals surface area contributed by atoms with E-state index in [2.05, 4.69) is 135 Å². The summed E-state index contributed by atoms with van der Waals surface area (Å²) in [5.74, 6) is -0.592. The largest absolute Gasteiger partial charge is 0.472 e. The van der Waals surface area contributed by atoms with Gasteiger partial charge in [0.2, 0.25) is 5.91 Å². The normalized spacial score (nSPS) is 14.5. The molecule has 0 rings (SSSR count). The highest BCUT2D eigenvalue weighted by Crippen LogP contribution is 2.43. The lowest BCUT2D eigenvalue weighted by molar-refractivity contribution is -0.870. The SMILES string of the molecule is CC/C=C\C/C=C\C/C=C\C/C=C\C/C=C\CCCCCCCCCC(=O)OC(/C=C\CCCCCCCCCCC)C(COP(=O)(O)OCC[N+](C)(C)C)NC(=O)CCC/C=C\C/C=C\C/C=C\C/C=C\CCCCC.